The Morgan fingerprint density at radius 3 is 2.73 bits per heavy atom. The number of ether oxygens (including phenoxy) is 1. The molecule has 1 aromatic rings. The second-order valence-electron chi connectivity index (χ2n) is 3.41. The van der Waals surface area contributed by atoms with E-state index in [1.807, 2.05) is 12.1 Å². The van der Waals surface area contributed by atoms with Gasteiger partial charge < -0.3 is 9.84 Å². The standard InChI is InChI=1S/C11H14O2S2/c1-14-11(15-2)6-7-13-9-5-3-4-8(12)10(9)11/h3-5,12H,6-7H2,1-2H3. The zero-order valence-electron chi connectivity index (χ0n) is 8.82. The highest BCUT2D eigenvalue weighted by Crippen LogP contribution is 2.55. The van der Waals surface area contributed by atoms with Crippen molar-refractivity contribution >= 4 is 23.5 Å². The number of hydrogen-bond donors (Lipinski definition) is 1. The number of benzene rings is 1. The number of rotatable bonds is 2. The first-order valence-corrected chi connectivity index (χ1v) is 7.24. The van der Waals surface area contributed by atoms with Crippen molar-refractivity contribution in [3.05, 3.63) is 23.8 Å². The fourth-order valence-electron chi connectivity index (χ4n) is 1.93. The van der Waals surface area contributed by atoms with Crippen LogP contribution in [0.5, 0.6) is 11.5 Å². The van der Waals surface area contributed by atoms with Crippen molar-refractivity contribution in [1.82, 2.24) is 0 Å². The summed E-state index contributed by atoms with van der Waals surface area (Å²) >= 11 is 3.55. The molecule has 1 N–H and O–H groups in total. The quantitative estimate of drug-likeness (QED) is 0.807. The molecule has 82 valence electrons. The number of thioether (sulfide) groups is 2. The summed E-state index contributed by atoms with van der Waals surface area (Å²) in [5, 5.41) is 9.95. The van der Waals surface area contributed by atoms with Gasteiger partial charge in [0, 0.05) is 6.42 Å². The molecule has 0 spiro atoms. The molecule has 0 aliphatic carbocycles. The monoisotopic (exact) mass is 242 g/mol. The molecule has 0 unspecified atom stereocenters. The summed E-state index contributed by atoms with van der Waals surface area (Å²) < 4.78 is 5.52. The Bertz CT molecular complexity index is 362. The fraction of sp³-hybridized carbons (Fsp3) is 0.455. The molecule has 0 amide bonds. The average molecular weight is 242 g/mol. The minimum atomic E-state index is -0.0566. The van der Waals surface area contributed by atoms with Crippen LogP contribution in [0.2, 0.25) is 0 Å². The molecular weight excluding hydrogens is 228 g/mol. The van der Waals surface area contributed by atoms with Crippen LogP contribution in [0, 0.1) is 0 Å². The molecule has 0 saturated carbocycles. The van der Waals surface area contributed by atoms with E-state index in [1.165, 1.54) is 0 Å². The fourth-order valence-corrected chi connectivity index (χ4v) is 3.99. The molecule has 0 atom stereocenters. The van der Waals surface area contributed by atoms with Crippen molar-refractivity contribution < 1.29 is 9.84 Å². The first-order valence-electron chi connectivity index (χ1n) is 4.79. The van der Waals surface area contributed by atoms with Gasteiger partial charge in [-0.2, -0.15) is 0 Å². The molecule has 0 radical (unpaired) electrons. The minimum absolute atomic E-state index is 0.0566. The third-order valence-electron chi connectivity index (χ3n) is 2.73. The van der Waals surface area contributed by atoms with E-state index in [0.717, 1.165) is 24.3 Å². The maximum Gasteiger partial charge on any atom is 0.128 e. The Labute approximate surface area is 98.4 Å². The number of hydrogen-bond acceptors (Lipinski definition) is 4. The SMILES string of the molecule is CSC1(SC)CCOc2cccc(O)c21. The van der Waals surface area contributed by atoms with E-state index in [4.69, 9.17) is 4.74 Å². The van der Waals surface area contributed by atoms with Crippen molar-refractivity contribution in [2.75, 3.05) is 19.1 Å². The van der Waals surface area contributed by atoms with Crippen molar-refractivity contribution in [2.45, 2.75) is 10.5 Å². The molecule has 1 heterocycles. The van der Waals surface area contributed by atoms with Gasteiger partial charge in [0.2, 0.25) is 0 Å². The zero-order valence-corrected chi connectivity index (χ0v) is 10.5. The van der Waals surface area contributed by atoms with Gasteiger partial charge in [-0.1, -0.05) is 6.07 Å². The van der Waals surface area contributed by atoms with E-state index in [-0.39, 0.29) is 4.08 Å². The molecule has 2 nitrogen and oxygen atoms in total. The first-order chi connectivity index (χ1) is 7.23. The summed E-state index contributed by atoms with van der Waals surface area (Å²) in [7, 11) is 0. The third kappa shape index (κ3) is 1.70. The Hall–Kier alpha value is -0.480. The van der Waals surface area contributed by atoms with Crippen LogP contribution < -0.4 is 4.74 Å². The molecule has 0 bridgehead atoms. The normalized spacial score (nSPS) is 18.0. The second kappa shape index (κ2) is 4.18. The molecule has 2 rings (SSSR count). The summed E-state index contributed by atoms with van der Waals surface area (Å²) in [4.78, 5) is 0. The molecule has 15 heavy (non-hydrogen) atoms. The van der Waals surface area contributed by atoms with Crippen LogP contribution in [-0.2, 0) is 4.08 Å². The summed E-state index contributed by atoms with van der Waals surface area (Å²) in [5.74, 6) is 1.17. The number of phenolic OH excluding ortho intramolecular Hbond substituents is 1. The van der Waals surface area contributed by atoms with Gasteiger partial charge in [-0.3, -0.25) is 0 Å². The van der Waals surface area contributed by atoms with E-state index in [1.54, 1.807) is 29.6 Å². The van der Waals surface area contributed by atoms with Gasteiger partial charge in [0.25, 0.3) is 0 Å². The van der Waals surface area contributed by atoms with Gasteiger partial charge in [0.05, 0.1) is 16.2 Å². The maximum atomic E-state index is 9.95. The highest BCUT2D eigenvalue weighted by atomic mass is 32.2. The van der Waals surface area contributed by atoms with Crippen LogP contribution in [0.4, 0.5) is 0 Å². The van der Waals surface area contributed by atoms with Crippen molar-refractivity contribution in [3.8, 4) is 11.5 Å². The van der Waals surface area contributed by atoms with Crippen LogP contribution in [0.15, 0.2) is 18.2 Å². The predicted molar refractivity (Wildman–Crippen MR) is 66.9 cm³/mol. The van der Waals surface area contributed by atoms with E-state index >= 15 is 0 Å². The van der Waals surface area contributed by atoms with Crippen LogP contribution in [-0.4, -0.2) is 24.2 Å². The first kappa shape index (κ1) is 11.0. The lowest BCUT2D eigenvalue weighted by molar-refractivity contribution is 0.275. The van der Waals surface area contributed by atoms with Crippen molar-refractivity contribution in [2.24, 2.45) is 0 Å². The Morgan fingerprint density at radius 1 is 1.33 bits per heavy atom. The number of fused-ring (bicyclic) bond motifs is 1. The second-order valence-corrected chi connectivity index (χ2v) is 5.88. The number of aromatic hydroxyl groups is 1. The molecule has 0 aromatic heterocycles. The molecule has 1 aromatic carbocycles. The average Bonchev–Trinajstić information content (AvgIpc) is 2.28. The van der Waals surface area contributed by atoms with Crippen molar-refractivity contribution in [1.29, 1.82) is 0 Å². The molecule has 1 aliphatic rings. The van der Waals surface area contributed by atoms with Gasteiger partial charge in [-0.25, -0.2) is 0 Å². The third-order valence-corrected chi connectivity index (χ3v) is 5.87. The minimum Gasteiger partial charge on any atom is -0.507 e. The van der Waals surface area contributed by atoms with Gasteiger partial charge in [0.15, 0.2) is 0 Å². The number of phenols is 1. The van der Waals surface area contributed by atoms with Crippen LogP contribution in [0.1, 0.15) is 12.0 Å². The molecule has 4 heteroatoms. The summed E-state index contributed by atoms with van der Waals surface area (Å²) in [6, 6.07) is 5.48. The van der Waals surface area contributed by atoms with E-state index in [0.29, 0.717) is 5.75 Å². The molecule has 0 saturated heterocycles. The lowest BCUT2D eigenvalue weighted by Crippen LogP contribution is -2.26. The Balaban J connectivity index is 2.58. The summed E-state index contributed by atoms with van der Waals surface area (Å²) in [6.07, 6.45) is 5.09. The van der Waals surface area contributed by atoms with E-state index in [9.17, 15) is 5.11 Å². The topological polar surface area (TPSA) is 29.5 Å². The summed E-state index contributed by atoms with van der Waals surface area (Å²) in [5.41, 5.74) is 0.941. The lowest BCUT2D eigenvalue weighted by atomic mass is 10.0. The van der Waals surface area contributed by atoms with Gasteiger partial charge >= 0.3 is 0 Å². The van der Waals surface area contributed by atoms with Crippen LogP contribution in [0.3, 0.4) is 0 Å². The lowest BCUT2D eigenvalue weighted by Gasteiger charge is -2.36. The maximum absolute atomic E-state index is 9.95. The highest BCUT2D eigenvalue weighted by molar-refractivity contribution is 8.16. The van der Waals surface area contributed by atoms with E-state index < -0.39 is 0 Å². The zero-order chi connectivity index (χ0) is 10.9. The highest BCUT2D eigenvalue weighted by Gasteiger charge is 2.38. The molecule has 0 fully saturated rings. The van der Waals surface area contributed by atoms with Crippen molar-refractivity contribution in [3.63, 3.8) is 0 Å². The predicted octanol–water partition coefficient (Wildman–Crippen LogP) is 3.05. The van der Waals surface area contributed by atoms with Crippen LogP contribution in [0.25, 0.3) is 0 Å². The Morgan fingerprint density at radius 2 is 2.07 bits per heavy atom. The molecule has 1 aliphatic heterocycles. The van der Waals surface area contributed by atoms with Gasteiger partial charge in [-0.15, -0.1) is 23.5 Å². The Kier molecular flexibility index (Phi) is 3.07. The van der Waals surface area contributed by atoms with E-state index in [2.05, 4.69) is 12.5 Å². The molecular formula is C11H14O2S2. The largest absolute Gasteiger partial charge is 0.507 e. The van der Waals surface area contributed by atoms with Gasteiger partial charge in [-0.05, 0) is 24.6 Å². The summed E-state index contributed by atoms with van der Waals surface area (Å²) in [6.45, 7) is 0.720. The van der Waals surface area contributed by atoms with Gasteiger partial charge in [0.1, 0.15) is 11.5 Å². The smallest absolute Gasteiger partial charge is 0.128 e. The van der Waals surface area contributed by atoms with Crippen LogP contribution >= 0.6 is 23.5 Å².